The van der Waals surface area contributed by atoms with Crippen LogP contribution in [-0.4, -0.2) is 23.2 Å². The molecule has 27 heavy (non-hydrogen) atoms. The molecule has 2 aromatic heterocycles. The summed E-state index contributed by atoms with van der Waals surface area (Å²) in [4.78, 5) is 4.25. The molecule has 1 N–H and O–H groups in total. The van der Waals surface area contributed by atoms with Crippen molar-refractivity contribution < 1.29 is 8.42 Å². The molecule has 6 nitrogen and oxygen atoms in total. The van der Waals surface area contributed by atoms with Gasteiger partial charge >= 0.3 is 0 Å². The molecule has 0 radical (unpaired) electrons. The Morgan fingerprint density at radius 2 is 1.85 bits per heavy atom. The fourth-order valence-electron chi connectivity index (χ4n) is 3.48. The molecule has 0 aliphatic heterocycles. The summed E-state index contributed by atoms with van der Waals surface area (Å²) in [6.45, 7) is 0.193. The monoisotopic (exact) mass is 382 g/mol. The molecule has 140 valence electrons. The predicted octanol–water partition coefficient (Wildman–Crippen LogP) is 3.54. The number of nitrogens with zero attached hydrogens (tertiary/aromatic N) is 3. The van der Waals surface area contributed by atoms with Gasteiger partial charge in [-0.3, -0.25) is 9.67 Å². The van der Waals surface area contributed by atoms with Crippen LogP contribution in [0.25, 0.3) is 11.3 Å². The van der Waals surface area contributed by atoms with Gasteiger partial charge in [0.15, 0.2) is 0 Å². The van der Waals surface area contributed by atoms with Crippen molar-refractivity contribution in [3.63, 3.8) is 0 Å². The third-order valence-corrected chi connectivity index (χ3v) is 6.33. The van der Waals surface area contributed by atoms with Crippen molar-refractivity contribution in [3.05, 3.63) is 66.6 Å². The van der Waals surface area contributed by atoms with E-state index < -0.39 is 10.0 Å². The average Bonchev–Trinajstić information content (AvgIpc) is 3.38. The lowest BCUT2D eigenvalue weighted by Crippen LogP contribution is -2.23. The minimum Gasteiger partial charge on any atom is -0.268 e. The lowest BCUT2D eigenvalue weighted by molar-refractivity contribution is 0.467. The van der Waals surface area contributed by atoms with Crippen LogP contribution in [0.1, 0.15) is 37.3 Å². The van der Waals surface area contributed by atoms with Crippen molar-refractivity contribution in [1.29, 1.82) is 0 Å². The molecule has 0 atom stereocenters. The second kappa shape index (κ2) is 7.62. The van der Waals surface area contributed by atoms with Crippen LogP contribution >= 0.6 is 0 Å². The Kier molecular flexibility index (Phi) is 5.05. The standard InChI is InChI=1S/C20H22N4O2S/c25-27(26,22-14-16-7-6-12-21-13-16)19-15-24(18-10-4-5-11-18)23-20(19)17-8-2-1-3-9-17/h1-3,6-9,12-13,15,18,22H,4-5,10-11,14H2. The van der Waals surface area contributed by atoms with Gasteiger partial charge in [0.05, 0.1) is 6.04 Å². The van der Waals surface area contributed by atoms with Gasteiger partial charge in [0.1, 0.15) is 10.6 Å². The summed E-state index contributed by atoms with van der Waals surface area (Å²) >= 11 is 0. The van der Waals surface area contributed by atoms with E-state index in [1.54, 1.807) is 24.7 Å². The van der Waals surface area contributed by atoms with E-state index in [-0.39, 0.29) is 17.5 Å². The molecule has 0 spiro atoms. The van der Waals surface area contributed by atoms with Crippen LogP contribution in [0.5, 0.6) is 0 Å². The third-order valence-electron chi connectivity index (χ3n) is 4.92. The first-order chi connectivity index (χ1) is 13.1. The summed E-state index contributed by atoms with van der Waals surface area (Å²) in [6.07, 6.45) is 9.40. The first-order valence-electron chi connectivity index (χ1n) is 9.16. The van der Waals surface area contributed by atoms with Gasteiger partial charge in [0.2, 0.25) is 10.0 Å². The van der Waals surface area contributed by atoms with Gasteiger partial charge in [-0.2, -0.15) is 5.10 Å². The molecule has 0 amide bonds. The molecular formula is C20H22N4O2S. The fraction of sp³-hybridized carbons (Fsp3) is 0.300. The van der Waals surface area contributed by atoms with E-state index >= 15 is 0 Å². The van der Waals surface area contributed by atoms with E-state index in [4.69, 9.17) is 0 Å². The quantitative estimate of drug-likeness (QED) is 0.707. The van der Waals surface area contributed by atoms with Crippen molar-refractivity contribution in [2.45, 2.75) is 43.2 Å². The van der Waals surface area contributed by atoms with Crippen molar-refractivity contribution in [2.24, 2.45) is 0 Å². The minimum atomic E-state index is -3.71. The number of hydrogen-bond donors (Lipinski definition) is 1. The zero-order valence-corrected chi connectivity index (χ0v) is 15.8. The number of pyridine rings is 1. The van der Waals surface area contributed by atoms with Crippen molar-refractivity contribution in [1.82, 2.24) is 19.5 Å². The topological polar surface area (TPSA) is 76.9 Å². The normalized spacial score (nSPS) is 15.3. The van der Waals surface area contributed by atoms with Crippen LogP contribution in [0, 0.1) is 0 Å². The van der Waals surface area contributed by atoms with E-state index in [0.717, 1.165) is 36.8 Å². The van der Waals surface area contributed by atoms with Crippen molar-refractivity contribution in [2.75, 3.05) is 0 Å². The molecule has 7 heteroatoms. The van der Waals surface area contributed by atoms with Crippen LogP contribution in [0.3, 0.4) is 0 Å². The highest BCUT2D eigenvalue weighted by Crippen LogP contribution is 2.33. The molecule has 0 unspecified atom stereocenters. The summed E-state index contributed by atoms with van der Waals surface area (Å²) in [5.41, 5.74) is 2.11. The first-order valence-corrected chi connectivity index (χ1v) is 10.6. The van der Waals surface area contributed by atoms with Crippen LogP contribution in [0.15, 0.2) is 66.0 Å². The van der Waals surface area contributed by atoms with Gasteiger partial charge in [-0.1, -0.05) is 49.2 Å². The SMILES string of the molecule is O=S(=O)(NCc1cccnc1)c1cn(C2CCCC2)nc1-c1ccccc1. The number of benzene rings is 1. The number of rotatable bonds is 6. The highest BCUT2D eigenvalue weighted by Gasteiger charge is 2.26. The summed E-state index contributed by atoms with van der Waals surface area (Å²) < 4.78 is 30.6. The molecule has 1 aliphatic carbocycles. The summed E-state index contributed by atoms with van der Waals surface area (Å²) in [5, 5.41) is 4.67. The summed E-state index contributed by atoms with van der Waals surface area (Å²) in [5.74, 6) is 0. The second-order valence-electron chi connectivity index (χ2n) is 6.81. The Bertz CT molecular complexity index is 995. The zero-order chi connectivity index (χ0) is 18.7. The van der Waals surface area contributed by atoms with Gasteiger partial charge in [-0.05, 0) is 24.5 Å². The maximum atomic E-state index is 13.0. The van der Waals surface area contributed by atoms with Gasteiger partial charge < -0.3 is 0 Å². The van der Waals surface area contributed by atoms with E-state index in [0.29, 0.717) is 5.69 Å². The van der Waals surface area contributed by atoms with Gasteiger partial charge in [0, 0.05) is 30.7 Å². The maximum Gasteiger partial charge on any atom is 0.244 e. The average molecular weight is 382 g/mol. The van der Waals surface area contributed by atoms with Gasteiger partial charge in [-0.25, -0.2) is 13.1 Å². The van der Waals surface area contributed by atoms with Crippen molar-refractivity contribution in [3.8, 4) is 11.3 Å². The zero-order valence-electron chi connectivity index (χ0n) is 15.0. The first kappa shape index (κ1) is 17.9. The molecule has 1 saturated carbocycles. The van der Waals surface area contributed by atoms with Crippen LogP contribution in [0.4, 0.5) is 0 Å². The number of nitrogens with one attached hydrogen (secondary N) is 1. The Balaban J connectivity index is 1.69. The summed E-state index contributed by atoms with van der Waals surface area (Å²) in [6, 6.07) is 13.4. The van der Waals surface area contributed by atoms with E-state index in [1.165, 1.54) is 0 Å². The molecule has 1 fully saturated rings. The predicted molar refractivity (Wildman–Crippen MR) is 103 cm³/mol. The van der Waals surface area contributed by atoms with Crippen LogP contribution < -0.4 is 4.72 Å². The maximum absolute atomic E-state index is 13.0. The Hall–Kier alpha value is -2.51. The molecule has 1 aromatic carbocycles. The smallest absolute Gasteiger partial charge is 0.244 e. The Labute approximate surface area is 159 Å². The fourth-order valence-corrected chi connectivity index (χ4v) is 4.65. The molecular weight excluding hydrogens is 360 g/mol. The third kappa shape index (κ3) is 3.94. The van der Waals surface area contributed by atoms with Crippen molar-refractivity contribution >= 4 is 10.0 Å². The lowest BCUT2D eigenvalue weighted by Gasteiger charge is -2.08. The number of aromatic nitrogens is 3. The lowest BCUT2D eigenvalue weighted by atomic mass is 10.2. The van der Waals surface area contributed by atoms with Crippen LogP contribution in [0.2, 0.25) is 0 Å². The largest absolute Gasteiger partial charge is 0.268 e. The summed E-state index contributed by atoms with van der Waals surface area (Å²) in [7, 11) is -3.71. The minimum absolute atomic E-state index is 0.193. The molecule has 0 bridgehead atoms. The number of sulfonamides is 1. The molecule has 3 aromatic rings. The molecule has 1 aliphatic rings. The van der Waals surface area contributed by atoms with E-state index in [1.807, 2.05) is 41.1 Å². The highest BCUT2D eigenvalue weighted by molar-refractivity contribution is 7.89. The Morgan fingerprint density at radius 1 is 1.07 bits per heavy atom. The van der Waals surface area contributed by atoms with Gasteiger partial charge in [-0.15, -0.1) is 0 Å². The molecule has 2 heterocycles. The van der Waals surface area contributed by atoms with Gasteiger partial charge in [0.25, 0.3) is 0 Å². The number of hydrogen-bond acceptors (Lipinski definition) is 4. The van der Waals surface area contributed by atoms with E-state index in [9.17, 15) is 8.42 Å². The van der Waals surface area contributed by atoms with E-state index in [2.05, 4.69) is 14.8 Å². The molecule has 0 saturated heterocycles. The Morgan fingerprint density at radius 3 is 2.56 bits per heavy atom. The van der Waals surface area contributed by atoms with Crippen LogP contribution in [-0.2, 0) is 16.6 Å². The molecule has 4 rings (SSSR count). The highest BCUT2D eigenvalue weighted by atomic mass is 32.2. The second-order valence-corrected chi connectivity index (χ2v) is 8.55.